The Labute approximate surface area is 401 Å². The van der Waals surface area contributed by atoms with E-state index in [-0.39, 0.29) is 0 Å². The summed E-state index contributed by atoms with van der Waals surface area (Å²) in [5, 5.41) is 2.27. The molecule has 0 N–H and O–H groups in total. The van der Waals surface area contributed by atoms with Crippen LogP contribution in [0.15, 0.2) is 231 Å². The summed E-state index contributed by atoms with van der Waals surface area (Å²) in [5.41, 5.74) is 16.8. The van der Waals surface area contributed by atoms with Crippen molar-refractivity contribution >= 4 is 63.3 Å². The van der Waals surface area contributed by atoms with Gasteiger partial charge in [0.15, 0.2) is 11.6 Å². The smallest absolute Gasteiger partial charge is 0.161 e. The predicted octanol–water partition coefficient (Wildman–Crippen LogP) is 17.3. The van der Waals surface area contributed by atoms with Gasteiger partial charge in [-0.1, -0.05) is 200 Å². The molecule has 0 radical (unpaired) electrons. The van der Waals surface area contributed by atoms with Crippen molar-refractivity contribution in [1.82, 2.24) is 19.9 Å². The second-order valence-corrected chi connectivity index (χ2v) is 19.0. The summed E-state index contributed by atoms with van der Waals surface area (Å²) in [6, 6.07) is 81.5. The molecular weight excluding hydrogens is 865 g/mol. The van der Waals surface area contributed by atoms with Crippen molar-refractivity contribution in [2.24, 2.45) is 0 Å². The molecule has 4 nitrogen and oxygen atoms in total. The molecule has 0 aliphatic carbocycles. The van der Waals surface area contributed by atoms with E-state index < -0.39 is 0 Å². The Bertz CT molecular complexity index is 4040. The monoisotopic (exact) mass is 902 g/mol. The van der Waals surface area contributed by atoms with Gasteiger partial charge in [0.25, 0.3) is 0 Å². The SMILES string of the molecule is c1ccc(-c2cccc(-c3nc(-c4cccc(-c5ccccc5-c5ccccc5-c5nc(-c6cccc(-c7ccccc7)c6)c6sc7ccccc7c6n5)c4)c4sc5ccccc5c4n3)c2)cc1. The van der Waals surface area contributed by atoms with E-state index in [0.717, 1.165) is 104 Å². The van der Waals surface area contributed by atoms with E-state index in [1.54, 1.807) is 22.7 Å². The lowest BCUT2D eigenvalue weighted by molar-refractivity contribution is 1.24. The summed E-state index contributed by atoms with van der Waals surface area (Å²) in [4.78, 5) is 21.6. The highest BCUT2D eigenvalue weighted by molar-refractivity contribution is 7.26. The maximum Gasteiger partial charge on any atom is 0.161 e. The summed E-state index contributed by atoms with van der Waals surface area (Å²) in [5.74, 6) is 1.40. The Balaban J connectivity index is 0.958. The lowest BCUT2D eigenvalue weighted by Gasteiger charge is -2.16. The molecule has 9 aromatic carbocycles. The summed E-state index contributed by atoms with van der Waals surface area (Å²) >= 11 is 3.51. The zero-order valence-corrected chi connectivity index (χ0v) is 38.2. The molecule has 0 spiro atoms. The van der Waals surface area contributed by atoms with E-state index in [1.807, 2.05) is 6.07 Å². The molecule has 4 aromatic heterocycles. The van der Waals surface area contributed by atoms with E-state index in [2.05, 4.69) is 224 Å². The second-order valence-electron chi connectivity index (χ2n) is 16.9. The molecule has 0 bridgehead atoms. The Kier molecular flexibility index (Phi) is 9.85. The van der Waals surface area contributed by atoms with E-state index in [0.29, 0.717) is 11.6 Å². The molecule has 0 fully saturated rings. The maximum absolute atomic E-state index is 5.50. The minimum Gasteiger partial charge on any atom is -0.226 e. The van der Waals surface area contributed by atoms with Crippen molar-refractivity contribution in [3.63, 3.8) is 0 Å². The van der Waals surface area contributed by atoms with Gasteiger partial charge in [0.05, 0.1) is 31.8 Å². The number of thiophene rings is 2. The minimum absolute atomic E-state index is 0.692. The third-order valence-electron chi connectivity index (χ3n) is 12.7. The van der Waals surface area contributed by atoms with Crippen LogP contribution >= 0.6 is 22.7 Å². The van der Waals surface area contributed by atoms with Crippen LogP contribution in [0.4, 0.5) is 0 Å². The van der Waals surface area contributed by atoms with Crippen LogP contribution < -0.4 is 0 Å². The molecule has 0 saturated heterocycles. The van der Waals surface area contributed by atoms with E-state index in [1.165, 1.54) is 15.0 Å². The Morgan fingerprint density at radius 2 is 0.632 bits per heavy atom. The van der Waals surface area contributed by atoms with Gasteiger partial charge in [-0.25, -0.2) is 19.9 Å². The van der Waals surface area contributed by atoms with E-state index in [9.17, 15) is 0 Å². The highest BCUT2D eigenvalue weighted by Gasteiger charge is 2.22. The van der Waals surface area contributed by atoms with Gasteiger partial charge >= 0.3 is 0 Å². The Morgan fingerprint density at radius 1 is 0.250 bits per heavy atom. The highest BCUT2D eigenvalue weighted by atomic mass is 32.1. The number of aromatic nitrogens is 4. The third-order valence-corrected chi connectivity index (χ3v) is 15.1. The summed E-state index contributed by atoms with van der Waals surface area (Å²) in [6.07, 6.45) is 0. The molecule has 0 amide bonds. The highest BCUT2D eigenvalue weighted by Crippen LogP contribution is 2.45. The first-order valence-corrected chi connectivity index (χ1v) is 24.3. The number of rotatable bonds is 8. The molecular formula is C62H38N4S2. The number of hydrogen-bond donors (Lipinski definition) is 0. The van der Waals surface area contributed by atoms with Gasteiger partial charge in [0.1, 0.15) is 0 Å². The fourth-order valence-corrected chi connectivity index (χ4v) is 11.8. The number of hydrogen-bond acceptors (Lipinski definition) is 6. The van der Waals surface area contributed by atoms with Crippen molar-refractivity contribution in [3.05, 3.63) is 231 Å². The molecule has 0 saturated carbocycles. The van der Waals surface area contributed by atoms with Crippen LogP contribution in [-0.4, -0.2) is 19.9 Å². The van der Waals surface area contributed by atoms with Crippen molar-refractivity contribution in [3.8, 4) is 89.8 Å². The number of benzene rings is 9. The topological polar surface area (TPSA) is 51.6 Å². The quantitative estimate of drug-likeness (QED) is 0.152. The van der Waals surface area contributed by atoms with E-state index >= 15 is 0 Å². The summed E-state index contributed by atoms with van der Waals surface area (Å²) in [7, 11) is 0. The van der Waals surface area contributed by atoms with Crippen molar-refractivity contribution in [1.29, 1.82) is 0 Å². The van der Waals surface area contributed by atoms with Crippen LogP contribution in [-0.2, 0) is 0 Å². The van der Waals surface area contributed by atoms with Crippen molar-refractivity contribution in [2.75, 3.05) is 0 Å². The van der Waals surface area contributed by atoms with Crippen LogP contribution in [0.3, 0.4) is 0 Å². The lowest BCUT2D eigenvalue weighted by atomic mass is 9.90. The molecule has 0 unspecified atom stereocenters. The van der Waals surface area contributed by atoms with Crippen LogP contribution in [0.1, 0.15) is 0 Å². The van der Waals surface area contributed by atoms with Gasteiger partial charge < -0.3 is 0 Å². The molecule has 0 aliphatic rings. The molecule has 4 heterocycles. The number of fused-ring (bicyclic) bond motifs is 6. The van der Waals surface area contributed by atoms with Crippen LogP contribution in [0, 0.1) is 0 Å². The maximum atomic E-state index is 5.50. The van der Waals surface area contributed by atoms with Crippen LogP contribution in [0.5, 0.6) is 0 Å². The average Bonchev–Trinajstić information content (AvgIpc) is 4.00. The molecule has 0 atom stereocenters. The minimum atomic E-state index is 0.692. The van der Waals surface area contributed by atoms with Crippen molar-refractivity contribution < 1.29 is 0 Å². The fourth-order valence-electron chi connectivity index (χ4n) is 9.48. The average molecular weight is 903 g/mol. The largest absolute Gasteiger partial charge is 0.226 e. The first kappa shape index (κ1) is 39.9. The first-order valence-electron chi connectivity index (χ1n) is 22.7. The Morgan fingerprint density at radius 3 is 1.22 bits per heavy atom. The molecule has 6 heteroatoms. The fraction of sp³-hybridized carbons (Fsp3) is 0. The predicted molar refractivity (Wildman–Crippen MR) is 287 cm³/mol. The Hall–Kier alpha value is -8.42. The van der Waals surface area contributed by atoms with Gasteiger partial charge in [0.2, 0.25) is 0 Å². The molecule has 318 valence electrons. The van der Waals surface area contributed by atoms with Gasteiger partial charge in [-0.2, -0.15) is 0 Å². The summed E-state index contributed by atoms with van der Waals surface area (Å²) < 4.78 is 4.54. The molecule has 0 aliphatic heterocycles. The summed E-state index contributed by atoms with van der Waals surface area (Å²) in [6.45, 7) is 0. The zero-order chi connectivity index (χ0) is 45.0. The van der Waals surface area contributed by atoms with Gasteiger partial charge in [-0.05, 0) is 74.8 Å². The third kappa shape index (κ3) is 7.06. The van der Waals surface area contributed by atoms with Gasteiger partial charge in [0, 0.05) is 42.4 Å². The van der Waals surface area contributed by atoms with E-state index in [4.69, 9.17) is 19.9 Å². The van der Waals surface area contributed by atoms with Crippen LogP contribution in [0.25, 0.3) is 130 Å². The molecule has 13 rings (SSSR count). The molecule has 68 heavy (non-hydrogen) atoms. The number of nitrogens with zero attached hydrogens (tertiary/aromatic N) is 4. The molecule has 13 aromatic rings. The van der Waals surface area contributed by atoms with Gasteiger partial charge in [-0.3, -0.25) is 0 Å². The van der Waals surface area contributed by atoms with Gasteiger partial charge in [-0.15, -0.1) is 22.7 Å². The zero-order valence-electron chi connectivity index (χ0n) is 36.5. The standard InChI is InChI=1S/C62H38N4S2/c1-3-18-39(19-4-1)41-22-15-25-44(36-41)56-60-58(52-33-12-14-35-54(52)68-60)66-62(64-56)50-31-10-9-30-49(50)48-29-8-7-28-47(48)43-24-17-26-45(38-43)55-59-57(51-32-11-13-34-53(51)67-59)65-61(63-55)46-27-16-23-42(37-46)40-20-5-2-6-21-40/h1-38H. The normalized spacial score (nSPS) is 11.5. The lowest BCUT2D eigenvalue weighted by Crippen LogP contribution is -1.97. The first-order chi connectivity index (χ1) is 33.7. The second kappa shape index (κ2) is 16.8. The van der Waals surface area contributed by atoms with Crippen LogP contribution in [0.2, 0.25) is 0 Å². The van der Waals surface area contributed by atoms with Crippen molar-refractivity contribution in [2.45, 2.75) is 0 Å².